The molecule has 2 rings (SSSR count). The van der Waals surface area contributed by atoms with Crippen molar-refractivity contribution < 1.29 is 4.79 Å². The number of benzene rings is 2. The Bertz CT molecular complexity index is 583. The highest BCUT2D eigenvalue weighted by Gasteiger charge is 2.20. The lowest BCUT2D eigenvalue weighted by Gasteiger charge is -2.20. The number of hydrogen-bond acceptors (Lipinski definition) is 2. The Morgan fingerprint density at radius 2 is 1.71 bits per heavy atom. The van der Waals surface area contributed by atoms with Gasteiger partial charge in [0.15, 0.2) is 0 Å². The first-order valence-corrected chi connectivity index (χ1v) is 7.72. The lowest BCUT2D eigenvalue weighted by molar-refractivity contribution is -0.123. The summed E-state index contributed by atoms with van der Waals surface area (Å²) in [6.45, 7) is 2.27. The molecule has 2 atom stereocenters. The van der Waals surface area contributed by atoms with E-state index in [1.54, 1.807) is 0 Å². The minimum atomic E-state index is -0.316. The van der Waals surface area contributed by atoms with Gasteiger partial charge in [0.2, 0.25) is 5.91 Å². The minimum Gasteiger partial charge on any atom is -0.349 e. The van der Waals surface area contributed by atoms with Gasteiger partial charge in [-0.2, -0.15) is 0 Å². The summed E-state index contributed by atoms with van der Waals surface area (Å²) in [7, 11) is 0. The highest BCUT2D eigenvalue weighted by molar-refractivity contribution is 9.10. The SMILES string of the molecule is CC(NC(=O)C(CN)c1ccccc1)c1ccc(Br)cc1. The summed E-state index contributed by atoms with van der Waals surface area (Å²) >= 11 is 3.41. The van der Waals surface area contributed by atoms with Crippen LogP contribution in [-0.2, 0) is 4.79 Å². The van der Waals surface area contributed by atoms with Crippen molar-refractivity contribution in [1.29, 1.82) is 0 Å². The number of amides is 1. The first kappa shape index (κ1) is 15.7. The van der Waals surface area contributed by atoms with Crippen molar-refractivity contribution in [2.24, 2.45) is 5.73 Å². The Kier molecular flexibility index (Phi) is 5.53. The first-order valence-electron chi connectivity index (χ1n) is 6.92. The van der Waals surface area contributed by atoms with Crippen LogP contribution in [0.15, 0.2) is 59.1 Å². The smallest absolute Gasteiger partial charge is 0.229 e. The maximum Gasteiger partial charge on any atom is 0.229 e. The van der Waals surface area contributed by atoms with Gasteiger partial charge in [0, 0.05) is 11.0 Å². The summed E-state index contributed by atoms with van der Waals surface area (Å²) in [6.07, 6.45) is 0. The van der Waals surface area contributed by atoms with Crippen LogP contribution in [0.3, 0.4) is 0 Å². The molecular weight excluding hydrogens is 328 g/mol. The van der Waals surface area contributed by atoms with Gasteiger partial charge in [0.1, 0.15) is 0 Å². The fourth-order valence-corrected chi connectivity index (χ4v) is 2.49. The van der Waals surface area contributed by atoms with Crippen LogP contribution in [0, 0.1) is 0 Å². The van der Waals surface area contributed by atoms with Gasteiger partial charge in [0.25, 0.3) is 0 Å². The highest BCUT2D eigenvalue weighted by Crippen LogP contribution is 2.19. The second-order valence-corrected chi connectivity index (χ2v) is 5.90. The summed E-state index contributed by atoms with van der Waals surface area (Å²) in [4.78, 5) is 12.4. The fraction of sp³-hybridized carbons (Fsp3) is 0.235. The van der Waals surface area contributed by atoms with E-state index in [9.17, 15) is 4.79 Å². The third-order valence-corrected chi connectivity index (χ3v) is 4.01. The predicted octanol–water partition coefficient (Wildman–Crippen LogP) is 3.37. The minimum absolute atomic E-state index is 0.0425. The van der Waals surface area contributed by atoms with Gasteiger partial charge in [-0.1, -0.05) is 58.4 Å². The molecule has 110 valence electrons. The van der Waals surface area contributed by atoms with Crippen LogP contribution in [0.2, 0.25) is 0 Å². The largest absolute Gasteiger partial charge is 0.349 e. The van der Waals surface area contributed by atoms with E-state index in [4.69, 9.17) is 5.73 Å². The topological polar surface area (TPSA) is 55.1 Å². The molecule has 4 heteroatoms. The van der Waals surface area contributed by atoms with E-state index in [0.29, 0.717) is 6.54 Å². The van der Waals surface area contributed by atoms with Gasteiger partial charge in [-0.15, -0.1) is 0 Å². The molecule has 0 bridgehead atoms. The normalized spacial score (nSPS) is 13.5. The molecule has 0 aliphatic carbocycles. The lowest BCUT2D eigenvalue weighted by atomic mass is 9.97. The summed E-state index contributed by atoms with van der Waals surface area (Å²) in [5.41, 5.74) is 7.78. The van der Waals surface area contributed by atoms with Crippen LogP contribution in [0.4, 0.5) is 0 Å². The first-order chi connectivity index (χ1) is 10.1. The van der Waals surface area contributed by atoms with E-state index in [0.717, 1.165) is 15.6 Å². The molecule has 0 saturated heterocycles. The average Bonchev–Trinajstić information content (AvgIpc) is 2.49. The molecule has 0 spiro atoms. The molecule has 0 aromatic heterocycles. The van der Waals surface area contributed by atoms with E-state index in [2.05, 4.69) is 21.2 Å². The van der Waals surface area contributed by atoms with Crippen molar-refractivity contribution in [1.82, 2.24) is 5.32 Å². The van der Waals surface area contributed by atoms with E-state index >= 15 is 0 Å². The monoisotopic (exact) mass is 346 g/mol. The van der Waals surface area contributed by atoms with Crippen molar-refractivity contribution in [2.45, 2.75) is 18.9 Å². The van der Waals surface area contributed by atoms with E-state index in [-0.39, 0.29) is 17.9 Å². The number of nitrogens with one attached hydrogen (secondary N) is 1. The van der Waals surface area contributed by atoms with Crippen molar-refractivity contribution >= 4 is 21.8 Å². The summed E-state index contributed by atoms with van der Waals surface area (Å²) in [5.74, 6) is -0.358. The van der Waals surface area contributed by atoms with Crippen molar-refractivity contribution in [3.8, 4) is 0 Å². The molecule has 0 heterocycles. The molecule has 2 aromatic rings. The molecule has 0 radical (unpaired) electrons. The molecule has 0 aliphatic heterocycles. The third kappa shape index (κ3) is 4.16. The Morgan fingerprint density at radius 3 is 2.29 bits per heavy atom. The second kappa shape index (κ2) is 7.38. The Labute approximate surface area is 133 Å². The van der Waals surface area contributed by atoms with Gasteiger partial charge < -0.3 is 11.1 Å². The molecule has 0 saturated carbocycles. The standard InChI is InChI=1S/C17H19BrN2O/c1-12(13-7-9-15(18)10-8-13)20-17(21)16(11-19)14-5-3-2-4-6-14/h2-10,12,16H,11,19H2,1H3,(H,20,21). The molecule has 1 amide bonds. The maximum absolute atomic E-state index is 12.4. The molecule has 2 aromatic carbocycles. The lowest BCUT2D eigenvalue weighted by Crippen LogP contribution is -2.35. The van der Waals surface area contributed by atoms with Crippen molar-refractivity contribution in [2.75, 3.05) is 6.54 Å². The third-order valence-electron chi connectivity index (χ3n) is 3.48. The Hall–Kier alpha value is -1.65. The van der Waals surface area contributed by atoms with Crippen LogP contribution < -0.4 is 11.1 Å². The molecule has 0 fully saturated rings. The van der Waals surface area contributed by atoms with E-state index in [1.165, 1.54) is 0 Å². The van der Waals surface area contributed by atoms with E-state index in [1.807, 2.05) is 61.5 Å². The van der Waals surface area contributed by atoms with Gasteiger partial charge in [-0.25, -0.2) is 0 Å². The number of carbonyl (C=O) groups excluding carboxylic acids is 1. The van der Waals surface area contributed by atoms with Crippen LogP contribution >= 0.6 is 15.9 Å². The zero-order chi connectivity index (χ0) is 15.2. The van der Waals surface area contributed by atoms with Crippen LogP contribution in [0.25, 0.3) is 0 Å². The number of carbonyl (C=O) groups is 1. The Morgan fingerprint density at radius 1 is 1.10 bits per heavy atom. The maximum atomic E-state index is 12.4. The summed E-state index contributed by atoms with van der Waals surface area (Å²) in [5, 5.41) is 3.03. The van der Waals surface area contributed by atoms with Crippen molar-refractivity contribution in [3.05, 3.63) is 70.2 Å². The van der Waals surface area contributed by atoms with E-state index < -0.39 is 0 Å². The molecular formula is C17H19BrN2O. The zero-order valence-corrected chi connectivity index (χ0v) is 13.5. The number of rotatable bonds is 5. The molecule has 21 heavy (non-hydrogen) atoms. The van der Waals surface area contributed by atoms with Crippen LogP contribution in [-0.4, -0.2) is 12.5 Å². The van der Waals surface area contributed by atoms with Crippen LogP contribution in [0.5, 0.6) is 0 Å². The average molecular weight is 347 g/mol. The molecule has 0 aliphatic rings. The molecule has 3 nitrogen and oxygen atoms in total. The van der Waals surface area contributed by atoms with Crippen LogP contribution in [0.1, 0.15) is 30.0 Å². The number of hydrogen-bond donors (Lipinski definition) is 2. The van der Waals surface area contributed by atoms with Crippen molar-refractivity contribution in [3.63, 3.8) is 0 Å². The van der Waals surface area contributed by atoms with Gasteiger partial charge in [-0.3, -0.25) is 4.79 Å². The highest BCUT2D eigenvalue weighted by atomic mass is 79.9. The fourth-order valence-electron chi connectivity index (χ4n) is 2.23. The zero-order valence-electron chi connectivity index (χ0n) is 11.9. The summed E-state index contributed by atoms with van der Waals surface area (Å²) in [6, 6.07) is 17.5. The van der Waals surface area contributed by atoms with Gasteiger partial charge >= 0.3 is 0 Å². The quantitative estimate of drug-likeness (QED) is 0.871. The van der Waals surface area contributed by atoms with Gasteiger partial charge in [0.05, 0.1) is 12.0 Å². The molecule has 3 N–H and O–H groups in total. The second-order valence-electron chi connectivity index (χ2n) is 4.98. The predicted molar refractivity (Wildman–Crippen MR) is 88.9 cm³/mol. The number of nitrogens with two attached hydrogens (primary N) is 1. The van der Waals surface area contributed by atoms with Gasteiger partial charge in [-0.05, 0) is 30.2 Å². The summed E-state index contributed by atoms with van der Waals surface area (Å²) < 4.78 is 1.02. The number of halogens is 1. The Balaban J connectivity index is 2.07. The molecule has 2 unspecified atom stereocenters.